The maximum Gasteiger partial charge on any atom is 0.0407 e. The van der Waals surface area contributed by atoms with Gasteiger partial charge in [-0.2, -0.15) is 0 Å². The molecule has 3 nitrogen and oxygen atoms in total. The Kier molecular flexibility index (Phi) is 4.15. The Morgan fingerprint density at radius 3 is 2.17 bits per heavy atom. The standard InChI is InChI=1S/C14H22ClN3/c1-14(2,11-16)18-9-7-17(8-10-18)13-5-3-12(15)4-6-13/h3-6H,7-11,16H2,1-2H3. The fourth-order valence-corrected chi connectivity index (χ4v) is 2.48. The van der Waals surface area contributed by atoms with E-state index in [0.29, 0.717) is 6.54 Å². The van der Waals surface area contributed by atoms with Gasteiger partial charge in [-0.05, 0) is 38.1 Å². The quantitative estimate of drug-likeness (QED) is 0.911. The second kappa shape index (κ2) is 5.47. The normalized spacial score (nSPS) is 18.1. The molecule has 0 atom stereocenters. The molecule has 1 aliphatic heterocycles. The average molecular weight is 268 g/mol. The van der Waals surface area contributed by atoms with E-state index in [9.17, 15) is 0 Å². The summed E-state index contributed by atoms with van der Waals surface area (Å²) in [7, 11) is 0. The van der Waals surface area contributed by atoms with Crippen LogP contribution < -0.4 is 10.6 Å². The van der Waals surface area contributed by atoms with Crippen LogP contribution in [-0.2, 0) is 0 Å². The van der Waals surface area contributed by atoms with E-state index in [1.165, 1.54) is 5.69 Å². The summed E-state index contributed by atoms with van der Waals surface area (Å²) in [5.74, 6) is 0. The minimum Gasteiger partial charge on any atom is -0.369 e. The molecule has 2 N–H and O–H groups in total. The molecule has 1 heterocycles. The third-order valence-electron chi connectivity index (χ3n) is 3.83. The third kappa shape index (κ3) is 2.97. The Hall–Kier alpha value is -0.770. The summed E-state index contributed by atoms with van der Waals surface area (Å²) >= 11 is 5.91. The summed E-state index contributed by atoms with van der Waals surface area (Å²) in [6.45, 7) is 9.35. The van der Waals surface area contributed by atoms with E-state index in [1.807, 2.05) is 12.1 Å². The van der Waals surface area contributed by atoms with Crippen molar-refractivity contribution in [2.24, 2.45) is 5.73 Å². The first-order valence-electron chi connectivity index (χ1n) is 6.48. The Bertz CT molecular complexity index is 381. The lowest BCUT2D eigenvalue weighted by Gasteiger charge is -2.44. The highest BCUT2D eigenvalue weighted by Crippen LogP contribution is 2.22. The molecule has 1 aromatic carbocycles. The molecule has 0 amide bonds. The number of nitrogens with zero attached hydrogens (tertiary/aromatic N) is 2. The zero-order chi connectivity index (χ0) is 13.2. The van der Waals surface area contributed by atoms with Crippen LogP contribution in [0.25, 0.3) is 0 Å². The second-order valence-corrected chi connectivity index (χ2v) is 5.90. The molecule has 0 radical (unpaired) electrons. The summed E-state index contributed by atoms with van der Waals surface area (Å²) in [6.07, 6.45) is 0. The molecular weight excluding hydrogens is 246 g/mol. The van der Waals surface area contributed by atoms with Gasteiger partial charge in [-0.25, -0.2) is 0 Å². The van der Waals surface area contributed by atoms with Crippen molar-refractivity contribution < 1.29 is 0 Å². The van der Waals surface area contributed by atoms with Crippen LogP contribution in [0, 0.1) is 0 Å². The Labute approximate surface area is 115 Å². The molecule has 4 heteroatoms. The Morgan fingerprint density at radius 2 is 1.67 bits per heavy atom. The molecule has 2 rings (SSSR count). The first-order valence-corrected chi connectivity index (χ1v) is 6.86. The second-order valence-electron chi connectivity index (χ2n) is 5.47. The molecule has 100 valence electrons. The lowest BCUT2D eigenvalue weighted by Crippen LogP contribution is -2.57. The van der Waals surface area contributed by atoms with Gasteiger partial charge in [-0.15, -0.1) is 0 Å². The minimum absolute atomic E-state index is 0.103. The molecule has 1 aromatic rings. The lowest BCUT2D eigenvalue weighted by atomic mass is 10.0. The van der Waals surface area contributed by atoms with E-state index in [2.05, 4.69) is 35.8 Å². The molecule has 0 spiro atoms. The molecular formula is C14H22ClN3. The van der Waals surface area contributed by atoms with Gasteiger partial charge in [-0.1, -0.05) is 11.6 Å². The minimum atomic E-state index is 0.103. The summed E-state index contributed by atoms with van der Waals surface area (Å²) in [4.78, 5) is 4.87. The first-order chi connectivity index (χ1) is 8.53. The first kappa shape index (κ1) is 13.7. The number of anilines is 1. The van der Waals surface area contributed by atoms with Gasteiger partial charge in [0.2, 0.25) is 0 Å². The highest BCUT2D eigenvalue weighted by atomic mass is 35.5. The van der Waals surface area contributed by atoms with E-state index < -0.39 is 0 Å². The number of hydrogen-bond acceptors (Lipinski definition) is 3. The van der Waals surface area contributed by atoms with Gasteiger partial charge in [-0.3, -0.25) is 4.90 Å². The van der Waals surface area contributed by atoms with Gasteiger partial charge in [0.15, 0.2) is 0 Å². The summed E-state index contributed by atoms with van der Waals surface area (Å²) in [5.41, 5.74) is 7.19. The van der Waals surface area contributed by atoms with Gasteiger partial charge in [0, 0.05) is 49.0 Å². The zero-order valence-electron chi connectivity index (χ0n) is 11.2. The number of hydrogen-bond donors (Lipinski definition) is 1. The van der Waals surface area contributed by atoms with Gasteiger partial charge >= 0.3 is 0 Å². The molecule has 0 bridgehead atoms. The molecule has 1 aliphatic rings. The smallest absolute Gasteiger partial charge is 0.0407 e. The average Bonchev–Trinajstić information content (AvgIpc) is 2.40. The van der Waals surface area contributed by atoms with Crippen molar-refractivity contribution >= 4 is 17.3 Å². The van der Waals surface area contributed by atoms with Gasteiger partial charge < -0.3 is 10.6 Å². The topological polar surface area (TPSA) is 32.5 Å². The van der Waals surface area contributed by atoms with Crippen LogP contribution in [0.1, 0.15) is 13.8 Å². The summed E-state index contributed by atoms with van der Waals surface area (Å²) in [5, 5.41) is 0.793. The Balaban J connectivity index is 1.96. The van der Waals surface area contributed by atoms with Gasteiger partial charge in [0.1, 0.15) is 0 Å². The predicted octanol–water partition coefficient (Wildman–Crippen LogP) is 2.20. The number of nitrogens with two attached hydrogens (primary N) is 1. The van der Waals surface area contributed by atoms with Crippen LogP contribution in [0.4, 0.5) is 5.69 Å². The van der Waals surface area contributed by atoms with Crippen molar-refractivity contribution in [3.05, 3.63) is 29.3 Å². The molecule has 1 fully saturated rings. The van der Waals surface area contributed by atoms with E-state index in [1.54, 1.807) is 0 Å². The van der Waals surface area contributed by atoms with Gasteiger partial charge in [0.25, 0.3) is 0 Å². The van der Waals surface area contributed by atoms with Gasteiger partial charge in [0.05, 0.1) is 0 Å². The van der Waals surface area contributed by atoms with Crippen LogP contribution >= 0.6 is 11.6 Å². The van der Waals surface area contributed by atoms with Crippen molar-refractivity contribution in [2.45, 2.75) is 19.4 Å². The zero-order valence-corrected chi connectivity index (χ0v) is 12.0. The van der Waals surface area contributed by atoms with Crippen LogP contribution in [0.3, 0.4) is 0 Å². The highest BCUT2D eigenvalue weighted by molar-refractivity contribution is 6.30. The van der Waals surface area contributed by atoms with Crippen LogP contribution in [0.5, 0.6) is 0 Å². The fourth-order valence-electron chi connectivity index (χ4n) is 2.35. The maximum absolute atomic E-state index is 5.91. The summed E-state index contributed by atoms with van der Waals surface area (Å²) < 4.78 is 0. The van der Waals surface area contributed by atoms with Crippen LogP contribution in [0.15, 0.2) is 24.3 Å². The van der Waals surface area contributed by atoms with E-state index in [0.717, 1.165) is 31.2 Å². The van der Waals surface area contributed by atoms with Crippen molar-refractivity contribution in [3.63, 3.8) is 0 Å². The maximum atomic E-state index is 5.91. The number of piperazine rings is 1. The SMILES string of the molecule is CC(C)(CN)N1CCN(c2ccc(Cl)cc2)CC1. The molecule has 0 aliphatic carbocycles. The predicted molar refractivity (Wildman–Crippen MR) is 78.4 cm³/mol. The van der Waals surface area contributed by atoms with E-state index in [-0.39, 0.29) is 5.54 Å². The number of benzene rings is 1. The number of halogens is 1. The Morgan fingerprint density at radius 1 is 1.11 bits per heavy atom. The number of rotatable bonds is 3. The monoisotopic (exact) mass is 267 g/mol. The molecule has 18 heavy (non-hydrogen) atoms. The fraction of sp³-hybridized carbons (Fsp3) is 0.571. The molecule has 0 unspecified atom stereocenters. The van der Waals surface area contributed by atoms with Crippen LogP contribution in [0.2, 0.25) is 5.02 Å². The largest absolute Gasteiger partial charge is 0.369 e. The molecule has 0 saturated carbocycles. The van der Waals surface area contributed by atoms with Crippen molar-refractivity contribution in [1.82, 2.24) is 4.90 Å². The van der Waals surface area contributed by atoms with Crippen molar-refractivity contribution in [2.75, 3.05) is 37.6 Å². The van der Waals surface area contributed by atoms with Crippen molar-refractivity contribution in [1.29, 1.82) is 0 Å². The van der Waals surface area contributed by atoms with Crippen LogP contribution in [-0.4, -0.2) is 43.2 Å². The lowest BCUT2D eigenvalue weighted by molar-refractivity contribution is 0.119. The van der Waals surface area contributed by atoms with E-state index >= 15 is 0 Å². The van der Waals surface area contributed by atoms with Crippen molar-refractivity contribution in [3.8, 4) is 0 Å². The molecule has 1 saturated heterocycles. The van der Waals surface area contributed by atoms with E-state index in [4.69, 9.17) is 17.3 Å². The summed E-state index contributed by atoms with van der Waals surface area (Å²) in [6, 6.07) is 8.08. The third-order valence-corrected chi connectivity index (χ3v) is 4.08. The molecule has 0 aromatic heterocycles. The highest BCUT2D eigenvalue weighted by Gasteiger charge is 2.28.